The molecule has 3 rings (SSSR count). The molecule has 0 atom stereocenters. The van der Waals surface area contributed by atoms with Crippen molar-refractivity contribution in [1.82, 2.24) is 19.6 Å². The molecular formula is C18H17F2N7O4. The van der Waals surface area contributed by atoms with Crippen molar-refractivity contribution < 1.29 is 23.3 Å². The summed E-state index contributed by atoms with van der Waals surface area (Å²) in [4.78, 5) is 34.4. The number of hydrogen-bond donors (Lipinski definition) is 2. The molecule has 2 N–H and O–H groups in total. The van der Waals surface area contributed by atoms with Crippen LogP contribution in [0.25, 0.3) is 0 Å². The van der Waals surface area contributed by atoms with Gasteiger partial charge in [-0.15, -0.1) is 0 Å². The number of nitro groups is 1. The van der Waals surface area contributed by atoms with Gasteiger partial charge < -0.3 is 10.6 Å². The van der Waals surface area contributed by atoms with Gasteiger partial charge in [0.05, 0.1) is 4.92 Å². The van der Waals surface area contributed by atoms with Crippen LogP contribution in [0.15, 0.2) is 36.5 Å². The fourth-order valence-electron chi connectivity index (χ4n) is 2.79. The van der Waals surface area contributed by atoms with Gasteiger partial charge in [-0.1, -0.05) is 0 Å². The third-order valence-electron chi connectivity index (χ3n) is 4.26. The molecule has 2 amide bonds. The van der Waals surface area contributed by atoms with Gasteiger partial charge >= 0.3 is 5.69 Å². The Morgan fingerprint density at radius 1 is 1.13 bits per heavy atom. The summed E-state index contributed by atoms with van der Waals surface area (Å²) in [7, 11) is 1.69. The lowest BCUT2D eigenvalue weighted by Gasteiger charge is -2.08. The number of nitrogens with one attached hydrogen (secondary N) is 2. The van der Waals surface area contributed by atoms with Gasteiger partial charge in [-0.25, -0.2) is 8.78 Å². The molecule has 0 spiro atoms. The predicted molar refractivity (Wildman–Crippen MR) is 105 cm³/mol. The number of hydrogen-bond acceptors (Lipinski definition) is 6. The van der Waals surface area contributed by atoms with Gasteiger partial charge in [-0.2, -0.15) is 10.2 Å². The van der Waals surface area contributed by atoms with Gasteiger partial charge in [0.1, 0.15) is 12.2 Å². The van der Waals surface area contributed by atoms with Crippen LogP contribution in [-0.4, -0.2) is 36.3 Å². The average molecular weight is 433 g/mol. The first kappa shape index (κ1) is 21.5. The number of carbonyl (C=O) groups is 2. The summed E-state index contributed by atoms with van der Waals surface area (Å²) in [6.07, 6.45) is -1.51. The van der Waals surface area contributed by atoms with Crippen LogP contribution in [0.3, 0.4) is 0 Å². The molecule has 11 nitrogen and oxygen atoms in total. The van der Waals surface area contributed by atoms with E-state index in [0.717, 1.165) is 4.68 Å². The van der Waals surface area contributed by atoms with Gasteiger partial charge in [-0.05, 0) is 37.3 Å². The molecule has 162 valence electrons. The zero-order valence-electron chi connectivity index (χ0n) is 16.4. The molecule has 0 unspecified atom stereocenters. The minimum atomic E-state index is -3.14. The van der Waals surface area contributed by atoms with E-state index in [1.54, 1.807) is 31.4 Å². The molecule has 0 saturated heterocycles. The molecule has 0 aliphatic rings. The van der Waals surface area contributed by atoms with E-state index >= 15 is 0 Å². The fourth-order valence-corrected chi connectivity index (χ4v) is 2.79. The van der Waals surface area contributed by atoms with Crippen molar-refractivity contribution in [1.29, 1.82) is 0 Å². The number of aryl methyl sites for hydroxylation is 1. The highest BCUT2D eigenvalue weighted by molar-refractivity contribution is 6.03. The van der Waals surface area contributed by atoms with Crippen molar-refractivity contribution in [3.63, 3.8) is 0 Å². The van der Waals surface area contributed by atoms with Gasteiger partial charge in [0, 0.05) is 24.6 Å². The Balaban J connectivity index is 1.64. The van der Waals surface area contributed by atoms with Crippen molar-refractivity contribution in [3.8, 4) is 0 Å². The number of rotatable bonds is 7. The highest BCUT2D eigenvalue weighted by Gasteiger charge is 2.31. The van der Waals surface area contributed by atoms with Gasteiger partial charge in [0.25, 0.3) is 12.3 Å². The first-order valence-corrected chi connectivity index (χ1v) is 8.86. The first-order valence-electron chi connectivity index (χ1n) is 8.86. The Hall–Kier alpha value is -4.16. The molecular weight excluding hydrogens is 416 g/mol. The summed E-state index contributed by atoms with van der Waals surface area (Å²) < 4.78 is 28.3. The summed E-state index contributed by atoms with van der Waals surface area (Å²) in [6, 6.07) is 7.71. The summed E-state index contributed by atoms with van der Waals surface area (Å²) in [6.45, 7) is 0.751. The third kappa shape index (κ3) is 4.88. The van der Waals surface area contributed by atoms with Crippen LogP contribution in [0, 0.1) is 17.0 Å². The maximum Gasteiger partial charge on any atom is 0.319 e. The third-order valence-corrected chi connectivity index (χ3v) is 4.26. The maximum absolute atomic E-state index is 13.0. The largest absolute Gasteiger partial charge is 0.324 e. The molecule has 31 heavy (non-hydrogen) atoms. The lowest BCUT2D eigenvalue weighted by atomic mass is 10.2. The molecule has 0 saturated carbocycles. The SMILES string of the molecule is Cc1c([N+](=O)[O-])c(C(F)F)nn1CC(=O)Nc1ccc(NC(=O)c2ccn(C)n2)cc1. The van der Waals surface area contributed by atoms with Crippen LogP contribution in [0.4, 0.5) is 25.8 Å². The minimum absolute atomic E-state index is 0.150. The van der Waals surface area contributed by atoms with Crippen molar-refractivity contribution in [2.24, 2.45) is 7.05 Å². The van der Waals surface area contributed by atoms with Crippen LogP contribution >= 0.6 is 0 Å². The van der Waals surface area contributed by atoms with Crippen LogP contribution in [0.1, 0.15) is 28.3 Å². The van der Waals surface area contributed by atoms with Crippen molar-refractivity contribution in [2.75, 3.05) is 10.6 Å². The minimum Gasteiger partial charge on any atom is -0.324 e. The van der Waals surface area contributed by atoms with Crippen molar-refractivity contribution >= 4 is 28.9 Å². The van der Waals surface area contributed by atoms with Crippen LogP contribution in [0.5, 0.6) is 0 Å². The summed E-state index contributed by atoms with van der Waals surface area (Å²) in [5.41, 5.74) is -0.864. The number of alkyl halides is 2. The average Bonchev–Trinajstić information content (AvgIpc) is 3.27. The van der Waals surface area contributed by atoms with E-state index in [9.17, 15) is 28.5 Å². The molecule has 0 bridgehead atoms. The van der Waals surface area contributed by atoms with Gasteiger partial charge in [-0.3, -0.25) is 29.1 Å². The molecule has 0 aliphatic carbocycles. The van der Waals surface area contributed by atoms with E-state index in [1.165, 1.54) is 23.7 Å². The molecule has 1 aromatic carbocycles. The monoisotopic (exact) mass is 433 g/mol. The molecule has 2 heterocycles. The van der Waals surface area contributed by atoms with E-state index in [2.05, 4.69) is 20.8 Å². The molecule has 2 aromatic heterocycles. The van der Waals surface area contributed by atoms with Crippen molar-refractivity contribution in [3.05, 3.63) is 63.7 Å². The second-order valence-electron chi connectivity index (χ2n) is 6.49. The van der Waals surface area contributed by atoms with Gasteiger partial charge in [0.2, 0.25) is 11.6 Å². The Labute approximate surface area is 173 Å². The van der Waals surface area contributed by atoms with E-state index in [4.69, 9.17) is 0 Å². The Bertz CT molecular complexity index is 1140. The number of benzene rings is 1. The fraction of sp³-hybridized carbons (Fsp3) is 0.222. The molecule has 0 aliphatic heterocycles. The number of carbonyl (C=O) groups excluding carboxylic acids is 2. The Morgan fingerprint density at radius 2 is 1.74 bits per heavy atom. The number of aromatic nitrogens is 4. The number of anilines is 2. The first-order chi connectivity index (χ1) is 14.7. The normalized spacial score (nSPS) is 10.9. The Morgan fingerprint density at radius 3 is 2.23 bits per heavy atom. The number of halogens is 2. The van der Waals surface area contributed by atoms with Crippen molar-refractivity contribution in [2.45, 2.75) is 19.9 Å². The maximum atomic E-state index is 13.0. The van der Waals surface area contributed by atoms with E-state index in [-0.39, 0.29) is 11.4 Å². The van der Waals surface area contributed by atoms with E-state index < -0.39 is 41.1 Å². The van der Waals surface area contributed by atoms with Crippen LogP contribution in [-0.2, 0) is 18.4 Å². The van der Waals surface area contributed by atoms with Crippen LogP contribution < -0.4 is 10.6 Å². The summed E-state index contributed by atoms with van der Waals surface area (Å²) in [5, 5.41) is 23.7. The molecule has 0 radical (unpaired) electrons. The second kappa shape index (κ2) is 8.69. The summed E-state index contributed by atoms with van der Waals surface area (Å²) in [5.74, 6) is -1.02. The van der Waals surface area contributed by atoms with E-state index in [1.807, 2.05) is 0 Å². The summed E-state index contributed by atoms with van der Waals surface area (Å²) >= 11 is 0. The molecule has 3 aromatic rings. The predicted octanol–water partition coefficient (Wildman–Crippen LogP) is 2.66. The van der Waals surface area contributed by atoms with Gasteiger partial charge in [0.15, 0.2) is 5.69 Å². The number of amides is 2. The Kier molecular flexibility index (Phi) is 6.04. The topological polar surface area (TPSA) is 137 Å². The lowest BCUT2D eigenvalue weighted by molar-refractivity contribution is -0.386. The zero-order chi connectivity index (χ0) is 22.7. The smallest absolute Gasteiger partial charge is 0.319 e. The highest BCUT2D eigenvalue weighted by atomic mass is 19.3. The highest BCUT2D eigenvalue weighted by Crippen LogP contribution is 2.30. The lowest BCUT2D eigenvalue weighted by Crippen LogP contribution is -2.20. The van der Waals surface area contributed by atoms with Crippen LogP contribution in [0.2, 0.25) is 0 Å². The zero-order valence-corrected chi connectivity index (χ0v) is 16.4. The number of nitrogens with zero attached hydrogens (tertiary/aromatic N) is 5. The standard InChI is InChI=1S/C18H17F2N7O4/c1-10-16(27(30)31)15(17(19)20)24-26(10)9-14(28)21-11-3-5-12(6-4-11)22-18(29)13-7-8-25(2)23-13/h3-8,17H,9H2,1-2H3,(H,21,28)(H,22,29). The second-order valence-corrected chi connectivity index (χ2v) is 6.49. The quantitative estimate of drug-likeness (QED) is 0.434. The molecule has 13 heteroatoms. The van der Waals surface area contributed by atoms with E-state index in [0.29, 0.717) is 11.4 Å². The molecule has 0 fully saturated rings.